The van der Waals surface area contributed by atoms with Crippen molar-refractivity contribution in [3.05, 3.63) is 95.6 Å². The highest BCUT2D eigenvalue weighted by atomic mass is 16.5. The molecule has 0 spiro atoms. The van der Waals surface area contributed by atoms with Crippen molar-refractivity contribution in [1.82, 2.24) is 4.90 Å². The van der Waals surface area contributed by atoms with Gasteiger partial charge in [-0.1, -0.05) is 86.5 Å². The van der Waals surface area contributed by atoms with Crippen LogP contribution in [-0.4, -0.2) is 25.0 Å². The second kappa shape index (κ2) is 11.9. The summed E-state index contributed by atoms with van der Waals surface area (Å²) in [5.74, 6) is 1.50. The summed E-state index contributed by atoms with van der Waals surface area (Å²) in [6.45, 7) is 2.64. The molecular weight excluding hydrogens is 398 g/mol. The third-order valence-corrected chi connectivity index (χ3v) is 5.66. The van der Waals surface area contributed by atoms with Crippen LogP contribution in [0.4, 0.5) is 0 Å². The van der Waals surface area contributed by atoms with Gasteiger partial charge in [-0.25, -0.2) is 0 Å². The summed E-state index contributed by atoms with van der Waals surface area (Å²) >= 11 is 0. The SMILES string of the molecule is CCCCCC(=O)N(Cc1ccc(OC)c(OC)c1)C(c1ccccc1)c1ccccc1. The van der Waals surface area contributed by atoms with Crippen LogP contribution in [0.2, 0.25) is 0 Å². The summed E-state index contributed by atoms with van der Waals surface area (Å²) in [6, 6.07) is 26.2. The quantitative estimate of drug-likeness (QED) is 0.330. The average molecular weight is 432 g/mol. The smallest absolute Gasteiger partial charge is 0.223 e. The van der Waals surface area contributed by atoms with E-state index in [1.807, 2.05) is 59.5 Å². The van der Waals surface area contributed by atoms with Gasteiger partial charge in [0.05, 0.1) is 20.3 Å². The number of carbonyl (C=O) groups excluding carboxylic acids is 1. The number of hydrogen-bond acceptors (Lipinski definition) is 3. The van der Waals surface area contributed by atoms with Gasteiger partial charge < -0.3 is 14.4 Å². The van der Waals surface area contributed by atoms with Crippen molar-refractivity contribution in [1.29, 1.82) is 0 Å². The second-order valence-corrected chi connectivity index (χ2v) is 7.89. The van der Waals surface area contributed by atoms with Gasteiger partial charge in [0.25, 0.3) is 0 Å². The maximum absolute atomic E-state index is 13.6. The molecule has 0 radical (unpaired) electrons. The predicted octanol–water partition coefficient (Wildman–Crippen LogP) is 6.40. The Morgan fingerprint density at radius 3 is 1.94 bits per heavy atom. The molecule has 0 unspecified atom stereocenters. The molecule has 0 fully saturated rings. The van der Waals surface area contributed by atoms with E-state index in [4.69, 9.17) is 9.47 Å². The zero-order valence-corrected chi connectivity index (χ0v) is 19.3. The number of nitrogens with zero attached hydrogens (tertiary/aromatic N) is 1. The minimum absolute atomic E-state index is 0.158. The Morgan fingerprint density at radius 2 is 1.41 bits per heavy atom. The van der Waals surface area contributed by atoms with Crippen molar-refractivity contribution in [2.24, 2.45) is 0 Å². The summed E-state index contributed by atoms with van der Waals surface area (Å²) in [7, 11) is 3.26. The van der Waals surface area contributed by atoms with Gasteiger partial charge in [0, 0.05) is 13.0 Å². The lowest BCUT2D eigenvalue weighted by atomic mass is 9.95. The molecule has 3 aromatic carbocycles. The number of rotatable bonds is 11. The topological polar surface area (TPSA) is 38.8 Å². The van der Waals surface area contributed by atoms with Crippen molar-refractivity contribution in [3.8, 4) is 11.5 Å². The minimum atomic E-state index is -0.167. The molecule has 4 heteroatoms. The summed E-state index contributed by atoms with van der Waals surface area (Å²) < 4.78 is 10.9. The van der Waals surface area contributed by atoms with Crippen LogP contribution in [0, 0.1) is 0 Å². The summed E-state index contributed by atoms with van der Waals surface area (Å²) in [5, 5.41) is 0. The lowest BCUT2D eigenvalue weighted by Gasteiger charge is -2.33. The molecule has 168 valence electrons. The lowest BCUT2D eigenvalue weighted by molar-refractivity contribution is -0.133. The average Bonchev–Trinajstić information content (AvgIpc) is 2.85. The van der Waals surface area contributed by atoms with Gasteiger partial charge in [-0.2, -0.15) is 0 Å². The Kier molecular flexibility index (Phi) is 8.73. The van der Waals surface area contributed by atoms with E-state index in [-0.39, 0.29) is 11.9 Å². The van der Waals surface area contributed by atoms with Gasteiger partial charge >= 0.3 is 0 Å². The van der Waals surface area contributed by atoms with E-state index in [9.17, 15) is 4.79 Å². The Morgan fingerprint density at radius 1 is 0.812 bits per heavy atom. The Bertz CT molecular complexity index is 933. The molecule has 32 heavy (non-hydrogen) atoms. The summed E-state index contributed by atoms with van der Waals surface area (Å²) in [6.07, 6.45) is 3.58. The van der Waals surface area contributed by atoms with Crippen molar-refractivity contribution in [3.63, 3.8) is 0 Å². The normalized spacial score (nSPS) is 10.8. The van der Waals surface area contributed by atoms with Crippen LogP contribution in [0.25, 0.3) is 0 Å². The standard InChI is InChI=1S/C28H33NO3/c1-4-5-8-17-27(30)29(21-22-18-19-25(31-2)26(20-22)32-3)28(23-13-9-6-10-14-23)24-15-11-7-12-16-24/h6-7,9-16,18-20,28H,4-5,8,17,21H2,1-3H3. The highest BCUT2D eigenvalue weighted by Crippen LogP contribution is 2.33. The summed E-state index contributed by atoms with van der Waals surface area (Å²) in [5.41, 5.74) is 3.20. The van der Waals surface area contributed by atoms with E-state index < -0.39 is 0 Å². The largest absolute Gasteiger partial charge is 0.493 e. The first-order valence-corrected chi connectivity index (χ1v) is 11.3. The maximum Gasteiger partial charge on any atom is 0.223 e. The molecule has 3 aromatic rings. The first kappa shape index (κ1) is 23.4. The monoisotopic (exact) mass is 431 g/mol. The van der Waals surface area contributed by atoms with Crippen LogP contribution in [-0.2, 0) is 11.3 Å². The summed E-state index contributed by atoms with van der Waals surface area (Å²) in [4.78, 5) is 15.6. The number of carbonyl (C=O) groups is 1. The third kappa shape index (κ3) is 5.91. The number of hydrogen-bond donors (Lipinski definition) is 0. The first-order chi connectivity index (χ1) is 15.7. The van der Waals surface area contributed by atoms with Gasteiger partial charge in [-0.15, -0.1) is 0 Å². The van der Waals surface area contributed by atoms with E-state index >= 15 is 0 Å². The molecule has 4 nitrogen and oxygen atoms in total. The number of amides is 1. The Balaban J connectivity index is 2.02. The molecular formula is C28H33NO3. The number of ether oxygens (including phenoxy) is 2. The van der Waals surface area contributed by atoms with E-state index in [1.165, 1.54) is 0 Å². The zero-order chi connectivity index (χ0) is 22.8. The first-order valence-electron chi connectivity index (χ1n) is 11.3. The van der Waals surface area contributed by atoms with Crippen LogP contribution in [0.5, 0.6) is 11.5 Å². The van der Waals surface area contributed by atoms with Crippen LogP contribution in [0.1, 0.15) is 55.3 Å². The van der Waals surface area contributed by atoms with Crippen molar-refractivity contribution < 1.29 is 14.3 Å². The number of unbranched alkanes of at least 4 members (excludes halogenated alkanes) is 2. The fraction of sp³-hybridized carbons (Fsp3) is 0.321. The molecule has 0 heterocycles. The van der Waals surface area contributed by atoms with Gasteiger partial charge in [0.15, 0.2) is 11.5 Å². The third-order valence-electron chi connectivity index (χ3n) is 5.66. The highest BCUT2D eigenvalue weighted by Gasteiger charge is 2.27. The molecule has 0 aliphatic heterocycles. The van der Waals surface area contributed by atoms with Crippen LogP contribution < -0.4 is 9.47 Å². The van der Waals surface area contributed by atoms with Gasteiger partial charge in [0.2, 0.25) is 5.91 Å². The lowest BCUT2D eigenvalue weighted by Crippen LogP contribution is -2.35. The van der Waals surface area contributed by atoms with E-state index in [1.54, 1.807) is 14.2 Å². The predicted molar refractivity (Wildman–Crippen MR) is 129 cm³/mol. The van der Waals surface area contributed by atoms with Crippen molar-refractivity contribution >= 4 is 5.91 Å². The molecule has 0 aliphatic carbocycles. The molecule has 0 atom stereocenters. The number of benzene rings is 3. The van der Waals surface area contributed by atoms with Gasteiger partial charge in [-0.3, -0.25) is 4.79 Å². The number of methoxy groups -OCH3 is 2. The minimum Gasteiger partial charge on any atom is -0.493 e. The van der Waals surface area contributed by atoms with Gasteiger partial charge in [-0.05, 0) is 35.2 Å². The molecule has 0 N–H and O–H groups in total. The van der Waals surface area contributed by atoms with Crippen LogP contribution >= 0.6 is 0 Å². The van der Waals surface area contributed by atoms with Gasteiger partial charge in [0.1, 0.15) is 0 Å². The van der Waals surface area contributed by atoms with E-state index in [2.05, 4.69) is 31.2 Å². The maximum atomic E-state index is 13.6. The molecule has 1 amide bonds. The van der Waals surface area contributed by atoms with E-state index in [0.29, 0.717) is 24.5 Å². The fourth-order valence-corrected chi connectivity index (χ4v) is 3.99. The molecule has 0 aliphatic rings. The zero-order valence-electron chi connectivity index (χ0n) is 19.3. The fourth-order valence-electron chi connectivity index (χ4n) is 3.99. The molecule has 0 aromatic heterocycles. The molecule has 0 saturated heterocycles. The highest BCUT2D eigenvalue weighted by molar-refractivity contribution is 5.77. The Hall–Kier alpha value is -3.27. The van der Waals surface area contributed by atoms with Crippen molar-refractivity contribution in [2.45, 2.75) is 45.2 Å². The molecule has 0 bridgehead atoms. The Labute approximate surface area is 191 Å². The van der Waals surface area contributed by atoms with Crippen LogP contribution in [0.15, 0.2) is 78.9 Å². The second-order valence-electron chi connectivity index (χ2n) is 7.89. The molecule has 3 rings (SSSR count). The molecule has 0 saturated carbocycles. The van der Waals surface area contributed by atoms with Crippen LogP contribution in [0.3, 0.4) is 0 Å². The van der Waals surface area contributed by atoms with Crippen molar-refractivity contribution in [2.75, 3.05) is 14.2 Å². The van der Waals surface area contributed by atoms with E-state index in [0.717, 1.165) is 36.0 Å².